The van der Waals surface area contributed by atoms with E-state index < -0.39 is 0 Å². The minimum Gasteiger partial charge on any atom is -0.458 e. The fraction of sp³-hybridized carbons (Fsp3) is 0.381. The molecule has 3 atom stereocenters. The van der Waals surface area contributed by atoms with Crippen LogP contribution in [0.3, 0.4) is 0 Å². The van der Waals surface area contributed by atoms with Gasteiger partial charge in [-0.3, -0.25) is 4.90 Å². The van der Waals surface area contributed by atoms with Crippen molar-refractivity contribution in [3.63, 3.8) is 0 Å². The molecule has 2 aromatic carbocycles. The molecule has 1 saturated heterocycles. The van der Waals surface area contributed by atoms with Crippen LogP contribution in [0.1, 0.15) is 29.8 Å². The molecule has 3 rings (SSSR count). The molecule has 0 amide bonds. The molecule has 0 bridgehead atoms. The molecule has 2 unspecified atom stereocenters. The lowest BCUT2D eigenvalue weighted by Crippen LogP contribution is -2.48. The summed E-state index contributed by atoms with van der Waals surface area (Å²) < 4.78 is 5.83. The number of carbonyl (C=O) groups excluding carboxylic acids is 1. The number of ether oxygens (including phenoxy) is 1. The molecule has 1 heterocycles. The third-order valence-corrected chi connectivity index (χ3v) is 4.72. The molecular weight excluding hydrogens is 298 g/mol. The second-order valence-electron chi connectivity index (χ2n) is 6.87. The lowest BCUT2D eigenvalue weighted by atomic mass is 9.88. The van der Waals surface area contributed by atoms with Gasteiger partial charge in [-0.1, -0.05) is 62.4 Å². The first kappa shape index (κ1) is 16.7. The summed E-state index contributed by atoms with van der Waals surface area (Å²) in [6.07, 6.45) is -0.0234. The van der Waals surface area contributed by atoms with Crippen LogP contribution >= 0.6 is 0 Å². The molecule has 3 nitrogen and oxygen atoms in total. The summed E-state index contributed by atoms with van der Waals surface area (Å²) in [6, 6.07) is 19.8. The minimum absolute atomic E-state index is 0.0234. The van der Waals surface area contributed by atoms with Crippen molar-refractivity contribution in [1.29, 1.82) is 0 Å². The zero-order valence-electron chi connectivity index (χ0n) is 14.4. The van der Waals surface area contributed by atoms with E-state index in [-0.39, 0.29) is 12.1 Å². The van der Waals surface area contributed by atoms with Gasteiger partial charge in [0.1, 0.15) is 6.10 Å². The molecule has 0 radical (unpaired) electrons. The van der Waals surface area contributed by atoms with E-state index in [4.69, 9.17) is 4.74 Å². The zero-order valence-corrected chi connectivity index (χ0v) is 14.4. The Morgan fingerprint density at radius 1 is 0.958 bits per heavy atom. The highest BCUT2D eigenvalue weighted by atomic mass is 16.5. The monoisotopic (exact) mass is 323 g/mol. The maximum Gasteiger partial charge on any atom is 0.338 e. The molecule has 2 aromatic rings. The van der Waals surface area contributed by atoms with Gasteiger partial charge in [-0.2, -0.15) is 0 Å². The Balaban J connectivity index is 1.60. The third kappa shape index (κ3) is 4.04. The fourth-order valence-electron chi connectivity index (χ4n) is 3.63. The molecule has 0 saturated carbocycles. The highest BCUT2D eigenvalue weighted by Gasteiger charge is 2.34. The summed E-state index contributed by atoms with van der Waals surface area (Å²) in [4.78, 5) is 14.8. The van der Waals surface area contributed by atoms with Crippen LogP contribution in [0, 0.1) is 11.8 Å². The van der Waals surface area contributed by atoms with Crippen molar-refractivity contribution < 1.29 is 9.53 Å². The Labute approximate surface area is 144 Å². The van der Waals surface area contributed by atoms with E-state index in [1.807, 2.05) is 36.4 Å². The lowest BCUT2D eigenvalue weighted by Gasteiger charge is -2.40. The van der Waals surface area contributed by atoms with Gasteiger partial charge in [0.05, 0.1) is 5.56 Å². The van der Waals surface area contributed by atoms with Gasteiger partial charge in [0.25, 0.3) is 0 Å². The molecular formula is C21H25NO2. The summed E-state index contributed by atoms with van der Waals surface area (Å²) in [7, 11) is 0. The topological polar surface area (TPSA) is 29.5 Å². The van der Waals surface area contributed by atoms with Crippen LogP contribution < -0.4 is 0 Å². The van der Waals surface area contributed by atoms with Crippen molar-refractivity contribution in [3.8, 4) is 0 Å². The molecule has 0 aliphatic carbocycles. The van der Waals surface area contributed by atoms with Gasteiger partial charge in [0, 0.05) is 31.5 Å². The van der Waals surface area contributed by atoms with E-state index in [1.54, 1.807) is 0 Å². The maximum absolute atomic E-state index is 12.3. The van der Waals surface area contributed by atoms with E-state index in [2.05, 4.69) is 43.0 Å². The number of carbonyl (C=O) groups is 1. The van der Waals surface area contributed by atoms with Crippen molar-refractivity contribution in [1.82, 2.24) is 4.90 Å². The summed E-state index contributed by atoms with van der Waals surface area (Å²) in [5.74, 6) is 0.436. The van der Waals surface area contributed by atoms with Gasteiger partial charge >= 0.3 is 5.97 Å². The Morgan fingerprint density at radius 2 is 1.50 bits per heavy atom. The molecule has 3 heteroatoms. The lowest BCUT2D eigenvalue weighted by molar-refractivity contribution is -0.0386. The highest BCUT2D eigenvalue weighted by Crippen LogP contribution is 2.27. The first-order valence-electron chi connectivity index (χ1n) is 8.66. The third-order valence-electron chi connectivity index (χ3n) is 4.72. The van der Waals surface area contributed by atoms with Crippen molar-refractivity contribution in [3.05, 3.63) is 71.8 Å². The highest BCUT2D eigenvalue weighted by molar-refractivity contribution is 5.89. The second kappa shape index (κ2) is 7.63. The first-order valence-corrected chi connectivity index (χ1v) is 8.66. The van der Waals surface area contributed by atoms with Crippen LogP contribution in [0.25, 0.3) is 0 Å². The molecule has 1 aliphatic rings. The molecule has 1 aliphatic heterocycles. The molecule has 0 spiro atoms. The van der Waals surface area contributed by atoms with Crippen molar-refractivity contribution in [2.24, 2.45) is 11.8 Å². The van der Waals surface area contributed by atoms with Gasteiger partial charge in [0.15, 0.2) is 0 Å². The number of benzene rings is 2. The van der Waals surface area contributed by atoms with E-state index in [1.165, 1.54) is 5.56 Å². The van der Waals surface area contributed by atoms with Gasteiger partial charge in [0.2, 0.25) is 0 Å². The summed E-state index contributed by atoms with van der Waals surface area (Å²) in [6.45, 7) is 7.21. The van der Waals surface area contributed by atoms with Gasteiger partial charge < -0.3 is 4.74 Å². The molecule has 126 valence electrons. The van der Waals surface area contributed by atoms with E-state index in [0.29, 0.717) is 17.4 Å². The minimum atomic E-state index is -0.212. The second-order valence-corrected chi connectivity index (χ2v) is 6.87. The Bertz CT molecular complexity index is 644. The van der Waals surface area contributed by atoms with Crippen molar-refractivity contribution >= 4 is 5.97 Å². The SMILES string of the molecule is CC1CN(Cc2ccccc2)C[C@H](C)C1OC(=O)c1ccccc1. The molecule has 1 fully saturated rings. The van der Waals surface area contributed by atoms with Gasteiger partial charge in [-0.25, -0.2) is 4.79 Å². The summed E-state index contributed by atoms with van der Waals surface area (Å²) >= 11 is 0. The van der Waals surface area contributed by atoms with Crippen LogP contribution in [0.5, 0.6) is 0 Å². The average Bonchev–Trinajstić information content (AvgIpc) is 2.59. The van der Waals surface area contributed by atoms with Gasteiger partial charge in [-0.15, -0.1) is 0 Å². The quantitative estimate of drug-likeness (QED) is 0.797. The van der Waals surface area contributed by atoms with Crippen LogP contribution in [0.2, 0.25) is 0 Å². The zero-order chi connectivity index (χ0) is 16.9. The Kier molecular flexibility index (Phi) is 5.31. The van der Waals surface area contributed by atoms with Crippen LogP contribution in [-0.4, -0.2) is 30.1 Å². The number of nitrogens with zero attached hydrogens (tertiary/aromatic N) is 1. The summed E-state index contributed by atoms with van der Waals surface area (Å²) in [5.41, 5.74) is 1.96. The predicted molar refractivity (Wildman–Crippen MR) is 95.7 cm³/mol. The predicted octanol–water partition coefficient (Wildman–Crippen LogP) is 4.00. The van der Waals surface area contributed by atoms with Crippen molar-refractivity contribution in [2.75, 3.05) is 13.1 Å². The van der Waals surface area contributed by atoms with Crippen LogP contribution in [0.15, 0.2) is 60.7 Å². The number of rotatable bonds is 4. The largest absolute Gasteiger partial charge is 0.458 e. The van der Waals surface area contributed by atoms with E-state index >= 15 is 0 Å². The van der Waals surface area contributed by atoms with E-state index in [9.17, 15) is 4.79 Å². The number of likely N-dealkylation sites (tertiary alicyclic amines) is 1. The van der Waals surface area contributed by atoms with Crippen molar-refractivity contribution in [2.45, 2.75) is 26.5 Å². The maximum atomic E-state index is 12.3. The van der Waals surface area contributed by atoms with Gasteiger partial charge in [-0.05, 0) is 17.7 Å². The smallest absolute Gasteiger partial charge is 0.338 e. The Morgan fingerprint density at radius 3 is 2.08 bits per heavy atom. The first-order chi connectivity index (χ1) is 11.6. The molecule has 0 aromatic heterocycles. The normalized spacial score (nSPS) is 24.5. The Hall–Kier alpha value is -2.13. The summed E-state index contributed by atoms with van der Waals surface area (Å²) in [5, 5.41) is 0. The average molecular weight is 323 g/mol. The standard InChI is InChI=1S/C21H25NO2/c1-16-13-22(15-18-9-5-3-6-10-18)14-17(2)20(16)24-21(23)19-11-7-4-8-12-19/h3-12,16-17,20H,13-15H2,1-2H3/t16-,17?,20?/m0/s1. The molecule has 0 N–H and O–H groups in total. The van der Waals surface area contributed by atoms with Crippen LogP contribution in [0.4, 0.5) is 0 Å². The molecule has 24 heavy (non-hydrogen) atoms. The van der Waals surface area contributed by atoms with Crippen LogP contribution in [-0.2, 0) is 11.3 Å². The van der Waals surface area contributed by atoms with E-state index in [0.717, 1.165) is 19.6 Å². The number of piperidine rings is 1. The fourth-order valence-corrected chi connectivity index (χ4v) is 3.63. The number of hydrogen-bond acceptors (Lipinski definition) is 3. The number of hydrogen-bond donors (Lipinski definition) is 0. The number of esters is 1.